The fourth-order valence-corrected chi connectivity index (χ4v) is 4.84. The Morgan fingerprint density at radius 2 is 1.88 bits per heavy atom. The largest absolute Gasteiger partial charge is 0.337 e. The monoisotopic (exact) mass is 461 g/mol. The van der Waals surface area contributed by atoms with Crippen molar-refractivity contribution in [2.75, 3.05) is 13.1 Å². The first-order valence-electron chi connectivity index (χ1n) is 10.9. The number of rotatable bonds is 6. The Labute approximate surface area is 196 Å². The second kappa shape index (κ2) is 10.4. The number of amides is 2. The summed E-state index contributed by atoms with van der Waals surface area (Å²) in [6.07, 6.45) is 1.47. The van der Waals surface area contributed by atoms with Crippen LogP contribution in [-0.2, 0) is 17.9 Å². The number of benzene rings is 2. The van der Waals surface area contributed by atoms with Crippen molar-refractivity contribution in [1.29, 1.82) is 5.26 Å². The predicted octanol–water partition coefficient (Wildman–Crippen LogP) is 4.84. The number of piperidine rings is 1. The lowest BCUT2D eigenvalue weighted by Crippen LogP contribution is -2.46. The van der Waals surface area contributed by atoms with E-state index in [1.165, 1.54) is 23.5 Å². The lowest BCUT2D eigenvalue weighted by atomic mass is 9.95. The van der Waals surface area contributed by atoms with Gasteiger partial charge in [0.25, 0.3) is 5.91 Å². The van der Waals surface area contributed by atoms with Crippen LogP contribution in [-0.4, -0.2) is 34.7 Å². The van der Waals surface area contributed by atoms with Crippen molar-refractivity contribution in [2.24, 2.45) is 5.92 Å². The molecule has 1 aliphatic heterocycles. The van der Waals surface area contributed by atoms with E-state index in [1.807, 2.05) is 23.6 Å². The van der Waals surface area contributed by atoms with Crippen LogP contribution in [0.4, 0.5) is 4.39 Å². The number of hydrogen-bond donors (Lipinski definition) is 0. The molecule has 1 atom stereocenters. The Bertz CT molecular complexity index is 1160. The average molecular weight is 462 g/mol. The maximum Gasteiger partial charge on any atom is 0.263 e. The molecule has 7 heteroatoms. The third kappa shape index (κ3) is 5.65. The first-order valence-corrected chi connectivity index (χ1v) is 11.8. The third-order valence-corrected chi connectivity index (χ3v) is 6.68. The summed E-state index contributed by atoms with van der Waals surface area (Å²) < 4.78 is 13.8. The zero-order valence-corrected chi connectivity index (χ0v) is 18.9. The summed E-state index contributed by atoms with van der Waals surface area (Å²) in [6.45, 7) is 1.63. The summed E-state index contributed by atoms with van der Waals surface area (Å²) in [7, 11) is 0. The van der Waals surface area contributed by atoms with Crippen molar-refractivity contribution in [3.63, 3.8) is 0 Å². The van der Waals surface area contributed by atoms with E-state index in [9.17, 15) is 14.0 Å². The van der Waals surface area contributed by atoms with Gasteiger partial charge in [-0.25, -0.2) is 4.39 Å². The van der Waals surface area contributed by atoms with E-state index in [0.29, 0.717) is 42.1 Å². The van der Waals surface area contributed by atoms with E-state index in [0.717, 1.165) is 12.0 Å². The molecule has 0 bridgehead atoms. The molecule has 0 N–H and O–H groups in total. The van der Waals surface area contributed by atoms with Gasteiger partial charge in [-0.3, -0.25) is 9.59 Å². The normalized spacial score (nSPS) is 15.6. The third-order valence-electron chi connectivity index (χ3n) is 5.82. The smallest absolute Gasteiger partial charge is 0.263 e. The summed E-state index contributed by atoms with van der Waals surface area (Å²) in [4.78, 5) is 30.6. The van der Waals surface area contributed by atoms with Gasteiger partial charge in [0.05, 0.1) is 22.4 Å². The topological polar surface area (TPSA) is 64.4 Å². The van der Waals surface area contributed by atoms with Gasteiger partial charge >= 0.3 is 0 Å². The van der Waals surface area contributed by atoms with E-state index in [1.54, 1.807) is 40.1 Å². The number of carbonyl (C=O) groups is 2. The average Bonchev–Trinajstić information content (AvgIpc) is 3.38. The van der Waals surface area contributed by atoms with Gasteiger partial charge in [0, 0.05) is 26.2 Å². The molecule has 4 rings (SSSR count). The van der Waals surface area contributed by atoms with Crippen LogP contribution in [0, 0.1) is 23.1 Å². The molecule has 0 spiro atoms. The van der Waals surface area contributed by atoms with Crippen molar-refractivity contribution in [1.82, 2.24) is 9.80 Å². The molecule has 168 valence electrons. The number of likely N-dealkylation sites (tertiary alicyclic amines) is 1. The Morgan fingerprint density at radius 1 is 1.09 bits per heavy atom. The van der Waals surface area contributed by atoms with Crippen LogP contribution < -0.4 is 0 Å². The van der Waals surface area contributed by atoms with E-state index >= 15 is 0 Å². The molecule has 2 heterocycles. The quantitative estimate of drug-likeness (QED) is 0.528. The highest BCUT2D eigenvalue weighted by Crippen LogP contribution is 2.24. The highest BCUT2D eigenvalue weighted by atomic mass is 32.1. The SMILES string of the molecule is N#Cc1ccc(CN(Cc2cccc(F)c2)C(=O)C2CCCN(C(=O)c3cccs3)C2)cc1. The maximum atomic E-state index is 13.8. The molecule has 2 aromatic carbocycles. The van der Waals surface area contributed by atoms with Crippen LogP contribution in [0.15, 0.2) is 66.0 Å². The molecule has 3 aromatic rings. The Balaban J connectivity index is 1.53. The molecule has 1 saturated heterocycles. The van der Waals surface area contributed by atoms with Crippen LogP contribution in [0.5, 0.6) is 0 Å². The molecule has 0 aliphatic carbocycles. The maximum absolute atomic E-state index is 13.8. The number of halogens is 1. The minimum atomic E-state index is -0.344. The summed E-state index contributed by atoms with van der Waals surface area (Å²) in [6, 6.07) is 19.1. The molecule has 0 radical (unpaired) electrons. The number of carbonyl (C=O) groups excluding carboxylic acids is 2. The van der Waals surface area contributed by atoms with Crippen LogP contribution in [0.3, 0.4) is 0 Å². The van der Waals surface area contributed by atoms with Gasteiger partial charge in [-0.15, -0.1) is 11.3 Å². The lowest BCUT2D eigenvalue weighted by molar-refractivity contribution is -0.138. The Morgan fingerprint density at radius 3 is 2.58 bits per heavy atom. The summed E-state index contributed by atoms with van der Waals surface area (Å²) in [5.41, 5.74) is 2.15. The standard InChI is InChI=1S/C26H24FN3O2S/c27-23-6-1-4-21(14-23)17-30(16-20-10-8-19(15-28)9-11-20)25(31)22-5-2-12-29(18-22)26(32)24-7-3-13-33-24/h1,3-4,6-11,13-14,22H,2,5,12,16-18H2. The molecule has 1 aromatic heterocycles. The fourth-order valence-electron chi connectivity index (χ4n) is 4.15. The van der Waals surface area contributed by atoms with E-state index in [2.05, 4.69) is 6.07 Å². The van der Waals surface area contributed by atoms with E-state index in [-0.39, 0.29) is 30.1 Å². The van der Waals surface area contributed by atoms with E-state index < -0.39 is 0 Å². The molecular formula is C26H24FN3O2S. The predicted molar refractivity (Wildman–Crippen MR) is 125 cm³/mol. The van der Waals surface area contributed by atoms with Gasteiger partial charge < -0.3 is 9.80 Å². The van der Waals surface area contributed by atoms with Crippen molar-refractivity contribution in [2.45, 2.75) is 25.9 Å². The summed E-state index contributed by atoms with van der Waals surface area (Å²) in [5, 5.41) is 10.9. The van der Waals surface area contributed by atoms with Gasteiger partial charge in [-0.1, -0.05) is 30.3 Å². The first kappa shape index (κ1) is 22.7. The lowest BCUT2D eigenvalue weighted by Gasteiger charge is -2.35. The molecule has 1 unspecified atom stereocenters. The van der Waals surface area contributed by atoms with Crippen LogP contribution in [0.25, 0.3) is 0 Å². The Kier molecular flexibility index (Phi) is 7.16. The zero-order chi connectivity index (χ0) is 23.2. The second-order valence-corrected chi connectivity index (χ2v) is 9.15. The van der Waals surface area contributed by atoms with Crippen molar-refractivity contribution >= 4 is 23.2 Å². The molecule has 1 aliphatic rings. The summed E-state index contributed by atoms with van der Waals surface area (Å²) >= 11 is 1.40. The van der Waals surface area contributed by atoms with E-state index in [4.69, 9.17) is 5.26 Å². The number of hydrogen-bond acceptors (Lipinski definition) is 4. The highest BCUT2D eigenvalue weighted by Gasteiger charge is 2.32. The minimum absolute atomic E-state index is 0.0359. The zero-order valence-electron chi connectivity index (χ0n) is 18.1. The molecule has 2 amide bonds. The van der Waals surface area contributed by atoms with Crippen LogP contribution in [0.2, 0.25) is 0 Å². The van der Waals surface area contributed by atoms with Crippen LogP contribution >= 0.6 is 11.3 Å². The van der Waals surface area contributed by atoms with Crippen molar-refractivity contribution < 1.29 is 14.0 Å². The fraction of sp³-hybridized carbons (Fsp3) is 0.269. The van der Waals surface area contributed by atoms with Gasteiger partial charge in [-0.2, -0.15) is 5.26 Å². The molecule has 33 heavy (non-hydrogen) atoms. The molecule has 0 saturated carbocycles. The van der Waals surface area contributed by atoms with Gasteiger partial charge in [0.1, 0.15) is 5.82 Å². The van der Waals surface area contributed by atoms with Crippen molar-refractivity contribution in [3.8, 4) is 6.07 Å². The molecule has 5 nitrogen and oxygen atoms in total. The number of nitrogens with zero attached hydrogens (tertiary/aromatic N) is 3. The van der Waals surface area contributed by atoms with Gasteiger partial charge in [0.2, 0.25) is 5.91 Å². The highest BCUT2D eigenvalue weighted by molar-refractivity contribution is 7.12. The molecule has 1 fully saturated rings. The Hall–Kier alpha value is -3.50. The molecular weight excluding hydrogens is 437 g/mol. The van der Waals surface area contributed by atoms with Crippen molar-refractivity contribution in [3.05, 3.63) is 93.4 Å². The second-order valence-electron chi connectivity index (χ2n) is 8.20. The van der Waals surface area contributed by atoms with Crippen LogP contribution in [0.1, 0.15) is 39.2 Å². The van der Waals surface area contributed by atoms with Gasteiger partial charge in [0.15, 0.2) is 0 Å². The van der Waals surface area contributed by atoms with Gasteiger partial charge in [-0.05, 0) is 59.7 Å². The number of thiophene rings is 1. The number of nitriles is 1. The summed E-state index contributed by atoms with van der Waals surface area (Å²) in [5.74, 6) is -0.739. The minimum Gasteiger partial charge on any atom is -0.337 e. The first-order chi connectivity index (χ1) is 16.0.